The molecule has 0 saturated heterocycles. The van der Waals surface area contributed by atoms with Crippen LogP contribution in [0, 0.1) is 0 Å². The first-order chi connectivity index (χ1) is 24.8. The van der Waals surface area contributed by atoms with Crippen LogP contribution >= 0.6 is 0 Å². The number of benzene rings is 8. The van der Waals surface area contributed by atoms with Crippen molar-refractivity contribution >= 4 is 97.7 Å². The van der Waals surface area contributed by atoms with E-state index in [0.717, 1.165) is 11.0 Å². The van der Waals surface area contributed by atoms with Gasteiger partial charge in [0.15, 0.2) is 0 Å². The van der Waals surface area contributed by atoms with E-state index in [9.17, 15) is 0 Å². The lowest BCUT2D eigenvalue weighted by atomic mass is 10.1. The lowest BCUT2D eigenvalue weighted by Crippen LogP contribution is -1.85. The van der Waals surface area contributed by atoms with Gasteiger partial charge in [-0.1, -0.05) is 115 Å². The standard InChI is InChI=1S/C48H30N2/c1-3-19-45-41(17-1)43-23-21-38-30-48(43)50(45)40-16-8-14-36(28-40)34-12-6-10-32(26-34)31-9-5-11-33(25-31)35-13-7-15-39(27-35)49-46-20-4-2-18-42(46)44-29-37(38)22-24-47(44)49/h1-30H. The second-order valence-corrected chi connectivity index (χ2v) is 13.4. The fraction of sp³-hybridized carbons (Fsp3) is 0. The fourth-order valence-corrected chi connectivity index (χ4v) is 8.26. The number of aromatic nitrogens is 2. The first-order valence-corrected chi connectivity index (χ1v) is 17.3. The monoisotopic (exact) mass is 634 g/mol. The van der Waals surface area contributed by atoms with Crippen LogP contribution in [0.3, 0.4) is 0 Å². The van der Waals surface area contributed by atoms with Gasteiger partial charge in [-0.05, 0) is 110 Å². The molecule has 0 saturated carbocycles. The third-order valence-corrected chi connectivity index (χ3v) is 10.6. The molecule has 0 amide bonds. The highest BCUT2D eigenvalue weighted by Crippen LogP contribution is 2.35. The van der Waals surface area contributed by atoms with E-state index in [2.05, 4.69) is 191 Å². The zero-order valence-corrected chi connectivity index (χ0v) is 27.2. The summed E-state index contributed by atoms with van der Waals surface area (Å²) in [5, 5.41) is 14.6. The summed E-state index contributed by atoms with van der Waals surface area (Å²) in [6.07, 6.45) is 0. The number of fused-ring (bicyclic) bond motifs is 4. The van der Waals surface area contributed by atoms with E-state index >= 15 is 0 Å². The van der Waals surface area contributed by atoms with Crippen LogP contribution in [-0.4, -0.2) is 8.80 Å². The zero-order chi connectivity index (χ0) is 32.8. The van der Waals surface area contributed by atoms with Crippen LogP contribution in [0.5, 0.6) is 0 Å². The molecule has 4 aromatic heterocycles. The van der Waals surface area contributed by atoms with Crippen molar-refractivity contribution in [3.8, 4) is 0 Å². The minimum atomic E-state index is 1.15. The average Bonchev–Trinajstić information content (AvgIpc) is 3.70. The van der Waals surface area contributed by atoms with Crippen molar-refractivity contribution in [3.05, 3.63) is 182 Å². The molecule has 50 heavy (non-hydrogen) atoms. The molecule has 0 radical (unpaired) electrons. The predicted octanol–water partition coefficient (Wildman–Crippen LogP) is 13.1. The van der Waals surface area contributed by atoms with E-state index in [1.807, 2.05) is 0 Å². The molecule has 0 atom stereocenters. The quantitative estimate of drug-likeness (QED) is 0.157. The Kier molecular flexibility index (Phi) is 5.70. The fourth-order valence-electron chi connectivity index (χ4n) is 8.26. The Morgan fingerprint density at radius 1 is 0.220 bits per heavy atom. The highest BCUT2D eigenvalue weighted by Gasteiger charge is 2.12. The SMILES string of the molecule is c1cc2cc(c1)c1cccc(c1)n1c3ccccc3c3cc(ccc31)c1ccc3c4ccccc4n(c4cccc(c4)c4cccc2c4)c3c1. The molecule has 4 heterocycles. The summed E-state index contributed by atoms with van der Waals surface area (Å²) in [5.41, 5.74) is 7.14. The largest absolute Gasteiger partial charge is 0.309 e. The van der Waals surface area contributed by atoms with Crippen LogP contribution in [0.25, 0.3) is 97.7 Å². The molecular weight excluding hydrogens is 605 g/mol. The summed E-state index contributed by atoms with van der Waals surface area (Å²) < 4.78 is 4.85. The molecule has 232 valence electrons. The molecule has 0 N–H and O–H groups in total. The van der Waals surface area contributed by atoms with E-state index in [-0.39, 0.29) is 0 Å². The van der Waals surface area contributed by atoms with Gasteiger partial charge in [-0.25, -0.2) is 0 Å². The van der Waals surface area contributed by atoms with Gasteiger partial charge in [0, 0.05) is 32.6 Å². The van der Waals surface area contributed by atoms with Crippen LogP contribution < -0.4 is 0 Å². The maximum absolute atomic E-state index is 2.44. The first kappa shape index (κ1) is 27.3. The molecule has 0 fully saturated rings. The molecule has 0 aliphatic heterocycles. The van der Waals surface area contributed by atoms with Crippen molar-refractivity contribution < 1.29 is 0 Å². The molecule has 8 aromatic carbocycles. The molecule has 0 spiro atoms. The van der Waals surface area contributed by atoms with Crippen LogP contribution in [-0.2, 0) is 0 Å². The molecule has 14 bridgehead atoms. The normalized spacial score (nSPS) is 12.0. The third kappa shape index (κ3) is 4.03. The third-order valence-electron chi connectivity index (χ3n) is 10.6. The van der Waals surface area contributed by atoms with Crippen molar-refractivity contribution in [1.29, 1.82) is 0 Å². The molecule has 0 aliphatic rings. The molecular formula is C48H30N2. The summed E-state index contributed by atoms with van der Waals surface area (Å²) >= 11 is 0. The van der Waals surface area contributed by atoms with Gasteiger partial charge in [-0.3, -0.25) is 0 Å². The van der Waals surface area contributed by atoms with E-state index in [1.54, 1.807) is 0 Å². The van der Waals surface area contributed by atoms with Gasteiger partial charge in [-0.2, -0.15) is 0 Å². The summed E-state index contributed by atoms with van der Waals surface area (Å²) in [4.78, 5) is 0. The Balaban J connectivity index is 1.40. The van der Waals surface area contributed by atoms with E-state index < -0.39 is 0 Å². The van der Waals surface area contributed by atoms with Crippen LogP contribution in [0.15, 0.2) is 182 Å². The van der Waals surface area contributed by atoms with Crippen molar-refractivity contribution in [2.75, 3.05) is 0 Å². The van der Waals surface area contributed by atoms with Gasteiger partial charge in [0.25, 0.3) is 0 Å². The Hall–Kier alpha value is -6.64. The number of hydrogen-bond donors (Lipinski definition) is 0. The van der Waals surface area contributed by atoms with Crippen molar-refractivity contribution in [1.82, 2.24) is 8.80 Å². The zero-order valence-electron chi connectivity index (χ0n) is 27.2. The number of para-hydroxylation sites is 2. The van der Waals surface area contributed by atoms with Gasteiger partial charge < -0.3 is 8.80 Å². The molecule has 12 aromatic rings. The minimum Gasteiger partial charge on any atom is -0.309 e. The summed E-state index contributed by atoms with van der Waals surface area (Å²) in [6.45, 7) is 0. The lowest BCUT2D eigenvalue weighted by molar-refractivity contribution is 1.34. The molecule has 0 aliphatic carbocycles. The maximum atomic E-state index is 2.44. The maximum Gasteiger partial charge on any atom is 0.0547 e. The van der Waals surface area contributed by atoms with Gasteiger partial charge in [0.2, 0.25) is 0 Å². The summed E-state index contributed by atoms with van der Waals surface area (Å²) in [7, 11) is 0. The van der Waals surface area contributed by atoms with Gasteiger partial charge in [0.05, 0.1) is 22.1 Å². The Morgan fingerprint density at radius 2 is 0.620 bits per heavy atom. The number of nitrogens with zero attached hydrogens (tertiary/aromatic N) is 2. The highest BCUT2D eigenvalue weighted by molar-refractivity contribution is 6.14. The van der Waals surface area contributed by atoms with Crippen LogP contribution in [0.2, 0.25) is 0 Å². The second-order valence-electron chi connectivity index (χ2n) is 13.4. The summed E-state index contributed by atoms with van der Waals surface area (Å²) in [6, 6.07) is 67.4. The van der Waals surface area contributed by atoms with Gasteiger partial charge >= 0.3 is 0 Å². The van der Waals surface area contributed by atoms with Gasteiger partial charge in [-0.15, -0.1) is 0 Å². The average molecular weight is 635 g/mol. The van der Waals surface area contributed by atoms with Crippen LogP contribution in [0.4, 0.5) is 0 Å². The second kappa shape index (κ2) is 10.4. The minimum absolute atomic E-state index is 1.15. The molecule has 2 heteroatoms. The van der Waals surface area contributed by atoms with Crippen LogP contribution in [0.1, 0.15) is 0 Å². The Labute approximate surface area is 287 Å². The molecule has 12 rings (SSSR count). The molecule has 2 nitrogen and oxygen atoms in total. The Bertz CT molecular complexity index is 3320. The van der Waals surface area contributed by atoms with Crippen molar-refractivity contribution in [2.24, 2.45) is 0 Å². The summed E-state index contributed by atoms with van der Waals surface area (Å²) in [5.74, 6) is 0. The van der Waals surface area contributed by atoms with E-state index in [0.29, 0.717) is 0 Å². The first-order valence-electron chi connectivity index (χ1n) is 17.3. The number of rotatable bonds is 0. The van der Waals surface area contributed by atoms with Crippen molar-refractivity contribution in [2.45, 2.75) is 0 Å². The highest BCUT2D eigenvalue weighted by atomic mass is 14.9. The topological polar surface area (TPSA) is 8.82 Å². The Morgan fingerprint density at radius 3 is 1.22 bits per heavy atom. The van der Waals surface area contributed by atoms with E-state index in [4.69, 9.17) is 0 Å². The smallest absolute Gasteiger partial charge is 0.0547 e. The predicted molar refractivity (Wildman–Crippen MR) is 215 cm³/mol. The van der Waals surface area contributed by atoms with Gasteiger partial charge in [0.1, 0.15) is 0 Å². The lowest BCUT2D eigenvalue weighted by Gasteiger charge is -2.03. The van der Waals surface area contributed by atoms with Crippen molar-refractivity contribution in [3.63, 3.8) is 0 Å². The molecule has 0 unspecified atom stereocenters. The number of hydrogen-bond acceptors (Lipinski definition) is 0. The van der Waals surface area contributed by atoms with E-state index in [1.165, 1.54) is 86.7 Å².